The zero-order valence-corrected chi connectivity index (χ0v) is 20.5. The standard InChI is InChI=1S/C26H29FN4O2S/c1-19-4-10-24(11-5-19)34(32,33)30-13-12-21-14-25-20(15-26(21,18-30)17-29(2)3)16-28-31(25)23-8-6-22(27)7-9-23/h4-11,14,16H,12-13,15,17-18H2,1-3H3. The summed E-state index contributed by atoms with van der Waals surface area (Å²) in [5.41, 5.74) is 4.82. The van der Waals surface area contributed by atoms with Gasteiger partial charge in [-0.1, -0.05) is 23.3 Å². The van der Waals surface area contributed by atoms with E-state index in [1.54, 1.807) is 28.6 Å². The molecule has 8 heteroatoms. The van der Waals surface area contributed by atoms with Crippen LogP contribution >= 0.6 is 0 Å². The molecular weight excluding hydrogens is 451 g/mol. The molecular formula is C26H29FN4O2S. The highest BCUT2D eigenvalue weighted by atomic mass is 32.2. The SMILES string of the molecule is Cc1ccc(S(=O)(=O)N2CCC3=Cc4c(cnn4-c4ccc(F)cc4)CC3(CN(C)C)C2)cc1. The molecule has 1 unspecified atom stereocenters. The maximum Gasteiger partial charge on any atom is 0.243 e. The van der Waals surface area contributed by atoms with Gasteiger partial charge in [0.1, 0.15) is 5.82 Å². The van der Waals surface area contributed by atoms with Crippen molar-refractivity contribution >= 4 is 16.1 Å². The molecule has 0 radical (unpaired) electrons. The van der Waals surface area contributed by atoms with Gasteiger partial charge in [0.15, 0.2) is 0 Å². The first kappa shape index (κ1) is 23.0. The van der Waals surface area contributed by atoms with E-state index in [-0.39, 0.29) is 11.2 Å². The first-order valence-electron chi connectivity index (χ1n) is 11.4. The van der Waals surface area contributed by atoms with Crippen LogP contribution in [0.4, 0.5) is 4.39 Å². The lowest BCUT2D eigenvalue weighted by atomic mass is 9.68. The topological polar surface area (TPSA) is 58.4 Å². The second kappa shape index (κ2) is 8.45. The summed E-state index contributed by atoms with van der Waals surface area (Å²) >= 11 is 0. The molecule has 1 aromatic heterocycles. The number of hydrogen-bond acceptors (Lipinski definition) is 4. The normalized spacial score (nSPS) is 20.7. The van der Waals surface area contributed by atoms with Crippen LogP contribution in [0.1, 0.15) is 23.2 Å². The van der Waals surface area contributed by atoms with Crippen molar-refractivity contribution in [2.45, 2.75) is 24.7 Å². The number of hydrogen-bond donors (Lipinski definition) is 0. The molecule has 2 aromatic carbocycles. The molecule has 1 saturated heterocycles. The summed E-state index contributed by atoms with van der Waals surface area (Å²) in [6.45, 7) is 3.55. The second-order valence-corrected chi connectivity index (χ2v) is 11.6. The lowest BCUT2D eigenvalue weighted by molar-refractivity contribution is 0.161. The van der Waals surface area contributed by atoms with E-state index in [1.807, 2.05) is 44.0 Å². The number of halogens is 1. The fourth-order valence-corrected chi connectivity index (χ4v) is 6.83. The van der Waals surface area contributed by atoms with Crippen LogP contribution in [0.25, 0.3) is 11.8 Å². The molecule has 178 valence electrons. The summed E-state index contributed by atoms with van der Waals surface area (Å²) < 4.78 is 43.9. The van der Waals surface area contributed by atoms with Gasteiger partial charge in [-0.05, 0) is 81.9 Å². The van der Waals surface area contributed by atoms with Crippen LogP contribution in [0.5, 0.6) is 0 Å². The number of benzene rings is 2. The Kier molecular flexibility index (Phi) is 5.70. The molecule has 5 rings (SSSR count). The molecule has 0 amide bonds. The van der Waals surface area contributed by atoms with Gasteiger partial charge in [0.05, 0.1) is 22.5 Å². The Morgan fingerprint density at radius 3 is 2.47 bits per heavy atom. The van der Waals surface area contributed by atoms with Crippen molar-refractivity contribution in [3.63, 3.8) is 0 Å². The average molecular weight is 481 g/mol. The van der Waals surface area contributed by atoms with E-state index in [9.17, 15) is 12.8 Å². The van der Waals surface area contributed by atoms with Crippen LogP contribution < -0.4 is 0 Å². The van der Waals surface area contributed by atoms with Crippen molar-refractivity contribution in [3.8, 4) is 5.69 Å². The molecule has 0 spiro atoms. The third-order valence-electron chi connectivity index (χ3n) is 6.87. The van der Waals surface area contributed by atoms with Crippen LogP contribution in [-0.4, -0.2) is 61.1 Å². The third kappa shape index (κ3) is 4.00. The first-order chi connectivity index (χ1) is 16.2. The lowest BCUT2D eigenvalue weighted by Crippen LogP contribution is -2.53. The van der Waals surface area contributed by atoms with Crippen molar-refractivity contribution in [3.05, 3.63) is 82.9 Å². The molecule has 0 bridgehead atoms. The van der Waals surface area contributed by atoms with E-state index in [0.29, 0.717) is 30.8 Å². The molecule has 2 heterocycles. The van der Waals surface area contributed by atoms with Gasteiger partial charge in [0.25, 0.3) is 0 Å². The van der Waals surface area contributed by atoms with Gasteiger partial charge < -0.3 is 4.90 Å². The Morgan fingerprint density at radius 1 is 1.09 bits per heavy atom. The van der Waals surface area contributed by atoms with Crippen molar-refractivity contribution < 1.29 is 12.8 Å². The molecule has 1 fully saturated rings. The largest absolute Gasteiger partial charge is 0.308 e. The number of aromatic nitrogens is 2. The van der Waals surface area contributed by atoms with Crippen molar-refractivity contribution in [2.24, 2.45) is 5.41 Å². The number of aryl methyl sites for hydroxylation is 1. The van der Waals surface area contributed by atoms with Crippen LogP contribution in [0.3, 0.4) is 0 Å². The van der Waals surface area contributed by atoms with Crippen LogP contribution in [0.15, 0.2) is 65.2 Å². The molecule has 34 heavy (non-hydrogen) atoms. The smallest absolute Gasteiger partial charge is 0.243 e. The van der Waals surface area contributed by atoms with Gasteiger partial charge in [-0.2, -0.15) is 9.40 Å². The first-order valence-corrected chi connectivity index (χ1v) is 12.9. The summed E-state index contributed by atoms with van der Waals surface area (Å²) in [4.78, 5) is 2.47. The fraction of sp³-hybridized carbons (Fsp3) is 0.346. The maximum atomic E-state index is 13.5. The number of nitrogens with zero attached hydrogens (tertiary/aromatic N) is 4. The van der Waals surface area contributed by atoms with Crippen LogP contribution in [0.2, 0.25) is 0 Å². The van der Waals surface area contributed by atoms with Crippen molar-refractivity contribution in [1.82, 2.24) is 19.0 Å². The van der Waals surface area contributed by atoms with Crippen LogP contribution in [0, 0.1) is 18.2 Å². The Labute approximate surface area is 200 Å². The minimum Gasteiger partial charge on any atom is -0.308 e. The van der Waals surface area contributed by atoms with Crippen molar-refractivity contribution in [1.29, 1.82) is 0 Å². The summed E-state index contributed by atoms with van der Waals surface area (Å²) in [5, 5.41) is 4.59. The fourth-order valence-electron chi connectivity index (χ4n) is 5.30. The monoisotopic (exact) mass is 480 g/mol. The molecule has 0 saturated carbocycles. The Balaban J connectivity index is 1.52. The van der Waals surface area contributed by atoms with Crippen LogP contribution in [-0.2, 0) is 16.4 Å². The van der Waals surface area contributed by atoms with E-state index in [1.165, 1.54) is 17.7 Å². The molecule has 1 atom stereocenters. The number of rotatable bonds is 5. The Bertz CT molecular complexity index is 1340. The highest BCUT2D eigenvalue weighted by Crippen LogP contribution is 2.45. The van der Waals surface area contributed by atoms with E-state index in [0.717, 1.165) is 29.1 Å². The molecule has 0 N–H and O–H groups in total. The van der Waals surface area contributed by atoms with E-state index in [4.69, 9.17) is 0 Å². The summed E-state index contributed by atoms with van der Waals surface area (Å²) in [5.74, 6) is -0.282. The molecule has 2 aliphatic rings. The average Bonchev–Trinajstić information content (AvgIpc) is 3.19. The van der Waals surface area contributed by atoms with Gasteiger partial charge in [-0.15, -0.1) is 0 Å². The summed E-state index contributed by atoms with van der Waals surface area (Å²) in [6.07, 6.45) is 5.39. The van der Waals surface area contributed by atoms with Gasteiger partial charge in [0.2, 0.25) is 10.0 Å². The molecule has 3 aromatic rings. The van der Waals surface area contributed by atoms with E-state index in [2.05, 4.69) is 16.1 Å². The van der Waals surface area contributed by atoms with Gasteiger partial charge in [-0.25, -0.2) is 17.5 Å². The van der Waals surface area contributed by atoms with Gasteiger partial charge >= 0.3 is 0 Å². The van der Waals surface area contributed by atoms with E-state index < -0.39 is 10.0 Å². The van der Waals surface area contributed by atoms with Crippen molar-refractivity contribution in [2.75, 3.05) is 33.7 Å². The minimum atomic E-state index is -3.59. The third-order valence-corrected chi connectivity index (χ3v) is 8.73. The predicted octanol–water partition coefficient (Wildman–Crippen LogP) is 3.90. The minimum absolute atomic E-state index is 0.282. The zero-order chi connectivity index (χ0) is 24.1. The quantitative estimate of drug-likeness (QED) is 0.556. The number of piperidine rings is 1. The lowest BCUT2D eigenvalue weighted by Gasteiger charge is -2.47. The maximum absolute atomic E-state index is 13.5. The highest BCUT2D eigenvalue weighted by Gasteiger charge is 2.46. The summed E-state index contributed by atoms with van der Waals surface area (Å²) in [7, 11) is 0.459. The summed E-state index contributed by atoms with van der Waals surface area (Å²) in [6, 6.07) is 13.4. The molecule has 1 aliphatic heterocycles. The molecule has 6 nitrogen and oxygen atoms in total. The predicted molar refractivity (Wildman–Crippen MR) is 131 cm³/mol. The molecule has 1 aliphatic carbocycles. The Hall–Kier alpha value is -2.81. The second-order valence-electron chi connectivity index (χ2n) is 9.71. The zero-order valence-electron chi connectivity index (χ0n) is 19.7. The Morgan fingerprint density at radius 2 is 1.79 bits per heavy atom. The van der Waals surface area contributed by atoms with Gasteiger partial charge in [-0.3, -0.25) is 0 Å². The van der Waals surface area contributed by atoms with E-state index >= 15 is 0 Å². The number of sulfonamides is 1. The van der Waals surface area contributed by atoms with Gasteiger partial charge in [0, 0.05) is 25.0 Å². The highest BCUT2D eigenvalue weighted by molar-refractivity contribution is 7.89. The number of fused-ring (bicyclic) bond motifs is 2.